The van der Waals surface area contributed by atoms with Crippen LogP contribution in [-0.4, -0.2) is 15.4 Å². The van der Waals surface area contributed by atoms with E-state index in [4.69, 9.17) is 4.52 Å². The fraction of sp³-hybridized carbons (Fsp3) is 0.308. The molecule has 0 fully saturated rings. The Bertz CT molecular complexity index is 517. The largest absolute Gasteiger partial charge is 0.507 e. The van der Waals surface area contributed by atoms with Gasteiger partial charge in [-0.1, -0.05) is 11.2 Å². The summed E-state index contributed by atoms with van der Waals surface area (Å²) in [5.74, 6) is 0.863. The molecule has 1 heterocycles. The number of phenolic OH excluding ortho intramolecular Hbond substituents is 2. The van der Waals surface area contributed by atoms with Crippen LogP contribution in [0.5, 0.6) is 11.5 Å². The van der Waals surface area contributed by atoms with E-state index < -0.39 is 0 Å². The summed E-state index contributed by atoms with van der Waals surface area (Å²) in [6, 6.07) is 6.33. The summed E-state index contributed by atoms with van der Waals surface area (Å²) < 4.78 is 5.07. The second-order valence-electron chi connectivity index (χ2n) is 4.25. The lowest BCUT2D eigenvalue weighted by atomic mass is 10.1. The molecule has 96 valence electrons. The molecule has 1 aromatic carbocycles. The van der Waals surface area contributed by atoms with Crippen LogP contribution in [-0.2, 0) is 6.54 Å². The van der Waals surface area contributed by atoms with Crippen molar-refractivity contribution < 1.29 is 14.7 Å². The van der Waals surface area contributed by atoms with E-state index in [-0.39, 0.29) is 17.5 Å². The standard InChI is InChI=1S/C13H16N2O3/c1-8-6-10(18-15-8)7-14-9(2)13-11(16)4-3-5-12(13)17/h3-6,9,14,16-17H,7H2,1-2H3. The lowest BCUT2D eigenvalue weighted by Gasteiger charge is -2.15. The van der Waals surface area contributed by atoms with E-state index in [1.165, 1.54) is 0 Å². The van der Waals surface area contributed by atoms with Crippen LogP contribution in [0.25, 0.3) is 0 Å². The molecule has 0 saturated carbocycles. The molecule has 1 unspecified atom stereocenters. The Kier molecular flexibility index (Phi) is 3.53. The summed E-state index contributed by atoms with van der Waals surface area (Å²) in [5.41, 5.74) is 1.30. The molecule has 0 aliphatic carbocycles. The van der Waals surface area contributed by atoms with E-state index in [1.54, 1.807) is 18.2 Å². The van der Waals surface area contributed by atoms with Gasteiger partial charge in [-0.05, 0) is 26.0 Å². The second-order valence-corrected chi connectivity index (χ2v) is 4.25. The van der Waals surface area contributed by atoms with E-state index in [9.17, 15) is 10.2 Å². The van der Waals surface area contributed by atoms with Crippen molar-refractivity contribution in [2.75, 3.05) is 0 Å². The third-order valence-corrected chi connectivity index (χ3v) is 2.75. The molecule has 1 aromatic heterocycles. The highest BCUT2D eigenvalue weighted by Crippen LogP contribution is 2.32. The van der Waals surface area contributed by atoms with Crippen LogP contribution in [0.3, 0.4) is 0 Å². The lowest BCUT2D eigenvalue weighted by molar-refractivity contribution is 0.358. The van der Waals surface area contributed by atoms with E-state index in [2.05, 4.69) is 10.5 Å². The Morgan fingerprint density at radius 1 is 1.33 bits per heavy atom. The fourth-order valence-corrected chi connectivity index (χ4v) is 1.84. The molecule has 0 radical (unpaired) electrons. The molecule has 3 N–H and O–H groups in total. The molecule has 1 atom stereocenters. The van der Waals surface area contributed by atoms with Crippen LogP contribution in [0, 0.1) is 6.92 Å². The van der Waals surface area contributed by atoms with Gasteiger partial charge in [-0.3, -0.25) is 0 Å². The molecule has 0 aliphatic rings. The second kappa shape index (κ2) is 5.10. The predicted octanol–water partition coefficient (Wildman–Crippen LogP) is 2.25. The van der Waals surface area contributed by atoms with Gasteiger partial charge >= 0.3 is 0 Å². The molecule has 5 heteroatoms. The Labute approximate surface area is 105 Å². The van der Waals surface area contributed by atoms with Crippen molar-refractivity contribution >= 4 is 0 Å². The lowest BCUT2D eigenvalue weighted by Crippen LogP contribution is -2.18. The molecular formula is C13H16N2O3. The molecule has 0 saturated heterocycles. The average molecular weight is 248 g/mol. The third-order valence-electron chi connectivity index (χ3n) is 2.75. The first-order valence-corrected chi connectivity index (χ1v) is 5.74. The van der Waals surface area contributed by atoms with Crippen molar-refractivity contribution in [3.8, 4) is 11.5 Å². The van der Waals surface area contributed by atoms with Crippen LogP contribution in [0.2, 0.25) is 0 Å². The third kappa shape index (κ3) is 2.62. The van der Waals surface area contributed by atoms with Crippen molar-refractivity contribution in [2.24, 2.45) is 0 Å². The molecule has 0 bridgehead atoms. The van der Waals surface area contributed by atoms with Crippen molar-refractivity contribution in [2.45, 2.75) is 26.4 Å². The van der Waals surface area contributed by atoms with Gasteiger partial charge in [-0.25, -0.2) is 0 Å². The number of phenols is 2. The summed E-state index contributed by atoms with van der Waals surface area (Å²) in [7, 11) is 0. The fourth-order valence-electron chi connectivity index (χ4n) is 1.84. The maximum Gasteiger partial charge on any atom is 0.150 e. The van der Waals surface area contributed by atoms with E-state index in [1.807, 2.05) is 19.9 Å². The predicted molar refractivity (Wildman–Crippen MR) is 66.3 cm³/mol. The number of benzene rings is 1. The Balaban J connectivity index is 2.06. The van der Waals surface area contributed by atoms with Crippen LogP contribution in [0.4, 0.5) is 0 Å². The SMILES string of the molecule is Cc1cc(CNC(C)c2c(O)cccc2O)on1. The number of nitrogens with one attached hydrogen (secondary N) is 1. The number of hydrogen-bond donors (Lipinski definition) is 3. The molecule has 5 nitrogen and oxygen atoms in total. The molecule has 2 rings (SSSR count). The summed E-state index contributed by atoms with van der Waals surface area (Å²) >= 11 is 0. The molecule has 0 aliphatic heterocycles. The van der Waals surface area contributed by atoms with Gasteiger partial charge in [-0.15, -0.1) is 0 Å². The first-order chi connectivity index (χ1) is 8.58. The zero-order valence-electron chi connectivity index (χ0n) is 10.3. The smallest absolute Gasteiger partial charge is 0.150 e. The minimum atomic E-state index is -0.198. The number of aromatic hydroxyl groups is 2. The molecule has 0 spiro atoms. The normalized spacial score (nSPS) is 12.6. The Morgan fingerprint density at radius 2 is 2.00 bits per heavy atom. The van der Waals surface area contributed by atoms with E-state index >= 15 is 0 Å². The van der Waals surface area contributed by atoms with Crippen LogP contribution in [0.1, 0.15) is 30.0 Å². The van der Waals surface area contributed by atoms with Gasteiger partial charge in [0.1, 0.15) is 11.5 Å². The zero-order valence-corrected chi connectivity index (χ0v) is 10.3. The van der Waals surface area contributed by atoms with Crippen molar-refractivity contribution in [1.82, 2.24) is 10.5 Å². The summed E-state index contributed by atoms with van der Waals surface area (Å²) in [4.78, 5) is 0. The summed E-state index contributed by atoms with van der Waals surface area (Å²) in [6.07, 6.45) is 0. The van der Waals surface area contributed by atoms with Gasteiger partial charge < -0.3 is 20.1 Å². The summed E-state index contributed by atoms with van der Waals surface area (Å²) in [6.45, 7) is 4.19. The van der Waals surface area contributed by atoms with Crippen LogP contribution in [0.15, 0.2) is 28.8 Å². The highest BCUT2D eigenvalue weighted by Gasteiger charge is 2.15. The number of aromatic nitrogens is 1. The van der Waals surface area contributed by atoms with E-state index in [0.29, 0.717) is 17.9 Å². The van der Waals surface area contributed by atoms with Gasteiger partial charge in [0.2, 0.25) is 0 Å². The number of aryl methyl sites for hydroxylation is 1. The molecule has 0 amide bonds. The zero-order chi connectivity index (χ0) is 13.1. The molecule has 18 heavy (non-hydrogen) atoms. The minimum absolute atomic E-state index is 0.0729. The number of hydrogen-bond acceptors (Lipinski definition) is 5. The summed E-state index contributed by atoms with van der Waals surface area (Å²) in [5, 5.41) is 26.4. The average Bonchev–Trinajstić information content (AvgIpc) is 2.72. The van der Waals surface area contributed by atoms with Gasteiger partial charge in [-0.2, -0.15) is 0 Å². The van der Waals surface area contributed by atoms with Gasteiger partial charge in [0.25, 0.3) is 0 Å². The minimum Gasteiger partial charge on any atom is -0.507 e. The monoisotopic (exact) mass is 248 g/mol. The highest BCUT2D eigenvalue weighted by molar-refractivity contribution is 5.44. The number of rotatable bonds is 4. The Morgan fingerprint density at radius 3 is 2.56 bits per heavy atom. The van der Waals surface area contributed by atoms with Crippen LogP contribution < -0.4 is 5.32 Å². The van der Waals surface area contributed by atoms with Crippen molar-refractivity contribution in [3.05, 3.63) is 41.3 Å². The quantitative estimate of drug-likeness (QED) is 0.773. The first kappa shape index (κ1) is 12.4. The Hall–Kier alpha value is -2.01. The highest BCUT2D eigenvalue weighted by atomic mass is 16.5. The van der Waals surface area contributed by atoms with Crippen molar-refractivity contribution in [3.63, 3.8) is 0 Å². The molecule has 2 aromatic rings. The first-order valence-electron chi connectivity index (χ1n) is 5.74. The maximum absolute atomic E-state index is 9.73. The molecular weight excluding hydrogens is 232 g/mol. The van der Waals surface area contributed by atoms with Gasteiger partial charge in [0.15, 0.2) is 5.76 Å². The van der Waals surface area contributed by atoms with E-state index in [0.717, 1.165) is 5.69 Å². The van der Waals surface area contributed by atoms with Gasteiger partial charge in [0, 0.05) is 12.1 Å². The topological polar surface area (TPSA) is 78.5 Å². The number of nitrogens with zero attached hydrogens (tertiary/aromatic N) is 1. The van der Waals surface area contributed by atoms with Crippen LogP contribution >= 0.6 is 0 Å². The maximum atomic E-state index is 9.73. The van der Waals surface area contributed by atoms with Crippen molar-refractivity contribution in [1.29, 1.82) is 0 Å². The van der Waals surface area contributed by atoms with Gasteiger partial charge in [0.05, 0.1) is 17.8 Å².